The van der Waals surface area contributed by atoms with Gasteiger partial charge < -0.3 is 5.11 Å². The summed E-state index contributed by atoms with van der Waals surface area (Å²) in [6, 6.07) is 0. The minimum absolute atomic E-state index is 0.350. The smallest absolute Gasteiger partial charge is 0.343 e. The van der Waals surface area contributed by atoms with E-state index in [1.54, 1.807) is 6.92 Å². The van der Waals surface area contributed by atoms with Crippen LogP contribution in [0.4, 0.5) is 0 Å². The van der Waals surface area contributed by atoms with Gasteiger partial charge in [-0.15, -0.1) is 11.6 Å². The Morgan fingerprint density at radius 3 is 2.00 bits per heavy atom. The van der Waals surface area contributed by atoms with Crippen molar-refractivity contribution in [2.24, 2.45) is 0 Å². The molecule has 1 unspecified atom stereocenters. The molecule has 0 bridgehead atoms. The van der Waals surface area contributed by atoms with Crippen LogP contribution < -0.4 is 0 Å². The average molecular weight is 288 g/mol. The van der Waals surface area contributed by atoms with Gasteiger partial charge in [0.25, 0.3) is 0 Å². The zero-order valence-electron chi connectivity index (χ0n) is 6.53. The topological polar surface area (TPSA) is 37.3 Å². The molecule has 2 nitrogen and oxygen atoms in total. The summed E-state index contributed by atoms with van der Waals surface area (Å²) in [4.78, 5) is 10.6. The maximum absolute atomic E-state index is 10.6. The summed E-state index contributed by atoms with van der Waals surface area (Å²) >= 11 is 27.9. The largest absolute Gasteiger partial charge is 0.479 e. The van der Waals surface area contributed by atoms with Gasteiger partial charge in [-0.2, -0.15) is 0 Å². The highest BCUT2D eigenvalue weighted by atomic mass is 35.5. The van der Waals surface area contributed by atoms with Gasteiger partial charge in [0.2, 0.25) is 4.33 Å². The molecule has 0 aromatic carbocycles. The molecule has 0 saturated heterocycles. The number of carbonyl (C=O) groups is 1. The minimum atomic E-state index is -2.32. The molecule has 0 spiro atoms. The van der Waals surface area contributed by atoms with E-state index in [1.807, 2.05) is 0 Å². The Kier molecular flexibility index (Phi) is 4.95. The van der Waals surface area contributed by atoms with Crippen molar-refractivity contribution < 1.29 is 9.90 Å². The summed E-state index contributed by atoms with van der Waals surface area (Å²) in [6.45, 7) is 1.68. The lowest BCUT2D eigenvalue weighted by Crippen LogP contribution is -2.49. The van der Waals surface area contributed by atoms with Crippen molar-refractivity contribution in [3.05, 3.63) is 0 Å². The number of halogens is 5. The first-order valence-corrected chi connectivity index (χ1v) is 5.25. The highest BCUT2D eigenvalue weighted by Gasteiger charge is 2.57. The highest BCUT2D eigenvalue weighted by Crippen LogP contribution is 2.47. The Balaban J connectivity index is 4.90. The van der Waals surface area contributed by atoms with Gasteiger partial charge in [-0.25, -0.2) is 4.79 Å². The summed E-state index contributed by atoms with van der Waals surface area (Å²) in [6.07, 6.45) is 0.350. The Bertz CT molecular complexity index is 203. The summed E-state index contributed by atoms with van der Waals surface area (Å²) in [5, 5.41) is 7.78. The van der Waals surface area contributed by atoms with Crippen molar-refractivity contribution in [2.45, 2.75) is 27.4 Å². The molecule has 0 aliphatic rings. The maximum atomic E-state index is 10.6. The molecule has 7 heteroatoms. The van der Waals surface area contributed by atoms with Crippen LogP contribution in [0, 0.1) is 0 Å². The predicted octanol–water partition coefficient (Wildman–Crippen LogP) is 3.44. The third-order valence-electron chi connectivity index (χ3n) is 1.44. The molecule has 0 aromatic heterocycles. The fraction of sp³-hybridized carbons (Fsp3) is 0.833. The predicted molar refractivity (Wildman–Crippen MR) is 56.4 cm³/mol. The first-order chi connectivity index (χ1) is 5.67. The fourth-order valence-electron chi connectivity index (χ4n) is 0.596. The third kappa shape index (κ3) is 2.69. The van der Waals surface area contributed by atoms with Gasteiger partial charge in [0.1, 0.15) is 0 Å². The van der Waals surface area contributed by atoms with Crippen molar-refractivity contribution in [3.63, 3.8) is 0 Å². The van der Waals surface area contributed by atoms with E-state index in [0.29, 0.717) is 6.42 Å². The maximum Gasteiger partial charge on any atom is 0.343 e. The Hall–Kier alpha value is 0.920. The normalized spacial score (nSPS) is 15.5. The van der Waals surface area contributed by atoms with E-state index < -0.39 is 20.0 Å². The van der Waals surface area contributed by atoms with Crippen molar-refractivity contribution >= 4 is 64.0 Å². The van der Waals surface area contributed by atoms with Gasteiger partial charge in [-0.1, -0.05) is 53.3 Å². The minimum Gasteiger partial charge on any atom is -0.479 e. The first-order valence-electron chi connectivity index (χ1n) is 3.31. The zero-order chi connectivity index (χ0) is 10.9. The van der Waals surface area contributed by atoms with Gasteiger partial charge >= 0.3 is 5.97 Å². The van der Waals surface area contributed by atoms with Gasteiger partial charge in [0.15, 0.2) is 4.33 Å². The second-order valence-corrected chi connectivity index (χ2v) is 5.62. The van der Waals surface area contributed by atoms with E-state index >= 15 is 0 Å². The van der Waals surface area contributed by atoms with Gasteiger partial charge in [0, 0.05) is 0 Å². The number of aliphatic carboxylic acids is 1. The van der Waals surface area contributed by atoms with Crippen molar-refractivity contribution in [3.8, 4) is 0 Å². The van der Waals surface area contributed by atoms with Crippen LogP contribution in [-0.2, 0) is 4.79 Å². The number of hydrogen-bond acceptors (Lipinski definition) is 1. The van der Waals surface area contributed by atoms with Crippen LogP contribution in [0.2, 0.25) is 0 Å². The molecule has 0 aliphatic heterocycles. The molecule has 13 heavy (non-hydrogen) atoms. The van der Waals surface area contributed by atoms with Gasteiger partial charge in [-0.3, -0.25) is 0 Å². The van der Waals surface area contributed by atoms with E-state index in [-0.39, 0.29) is 0 Å². The molecule has 1 atom stereocenters. The average Bonchev–Trinajstić information content (AvgIpc) is 2.02. The Labute approximate surface area is 101 Å². The molecule has 0 aliphatic carbocycles. The fourth-order valence-corrected chi connectivity index (χ4v) is 1.60. The van der Waals surface area contributed by atoms with E-state index in [2.05, 4.69) is 0 Å². The summed E-state index contributed by atoms with van der Waals surface area (Å²) in [5.74, 6) is -1.53. The zero-order valence-corrected chi connectivity index (χ0v) is 10.3. The van der Waals surface area contributed by atoms with Crippen LogP contribution in [0.25, 0.3) is 0 Å². The SMILES string of the molecule is CCC(Cl)C(Cl)(Cl)C(Cl)(Cl)C(=O)O. The molecule has 0 rings (SSSR count). The molecular weight excluding hydrogens is 281 g/mol. The Morgan fingerprint density at radius 1 is 1.38 bits per heavy atom. The van der Waals surface area contributed by atoms with Gasteiger partial charge in [-0.05, 0) is 6.42 Å². The monoisotopic (exact) mass is 286 g/mol. The number of alkyl halides is 5. The van der Waals surface area contributed by atoms with Crippen LogP contribution in [0.5, 0.6) is 0 Å². The van der Waals surface area contributed by atoms with Crippen molar-refractivity contribution in [2.75, 3.05) is 0 Å². The molecule has 0 radical (unpaired) electrons. The molecule has 78 valence electrons. The van der Waals surface area contributed by atoms with Crippen LogP contribution in [-0.4, -0.2) is 25.1 Å². The Morgan fingerprint density at radius 2 is 1.77 bits per heavy atom. The van der Waals surface area contributed by atoms with E-state index in [0.717, 1.165) is 0 Å². The van der Waals surface area contributed by atoms with Crippen LogP contribution in [0.15, 0.2) is 0 Å². The van der Waals surface area contributed by atoms with E-state index in [1.165, 1.54) is 0 Å². The molecular formula is C6H7Cl5O2. The standard InChI is InChI=1S/C6H7Cl5O2/c1-2-3(7)5(8,9)6(10,11)4(12)13/h3H,2H2,1H3,(H,12,13). The molecule has 0 amide bonds. The molecule has 1 N–H and O–H groups in total. The molecule has 0 saturated carbocycles. The first kappa shape index (κ1) is 13.9. The van der Waals surface area contributed by atoms with E-state index in [4.69, 9.17) is 63.1 Å². The van der Waals surface area contributed by atoms with Crippen LogP contribution in [0.1, 0.15) is 13.3 Å². The van der Waals surface area contributed by atoms with Crippen LogP contribution >= 0.6 is 58.0 Å². The molecule has 0 aromatic rings. The molecule has 0 fully saturated rings. The summed E-state index contributed by atoms with van der Waals surface area (Å²) in [7, 11) is 0. The quantitative estimate of drug-likeness (QED) is 0.805. The lowest BCUT2D eigenvalue weighted by Gasteiger charge is -2.32. The van der Waals surface area contributed by atoms with Gasteiger partial charge in [0.05, 0.1) is 5.38 Å². The second kappa shape index (κ2) is 4.63. The number of rotatable bonds is 4. The number of carboxylic acids is 1. The second-order valence-electron chi connectivity index (χ2n) is 2.38. The third-order valence-corrected chi connectivity index (χ3v) is 4.70. The lowest BCUT2D eigenvalue weighted by atomic mass is 10.1. The summed E-state index contributed by atoms with van der Waals surface area (Å²) < 4.78 is -4.25. The van der Waals surface area contributed by atoms with E-state index in [9.17, 15) is 4.79 Å². The van der Waals surface area contributed by atoms with Crippen molar-refractivity contribution in [1.29, 1.82) is 0 Å². The highest BCUT2D eigenvalue weighted by molar-refractivity contribution is 6.69. The lowest BCUT2D eigenvalue weighted by molar-refractivity contribution is -0.138. The summed E-state index contributed by atoms with van der Waals surface area (Å²) in [5.41, 5.74) is 0. The number of hydrogen-bond donors (Lipinski definition) is 1. The molecule has 0 heterocycles. The van der Waals surface area contributed by atoms with Crippen molar-refractivity contribution in [1.82, 2.24) is 0 Å². The number of carboxylic acid groups (broad SMARTS) is 1. The van der Waals surface area contributed by atoms with Crippen LogP contribution in [0.3, 0.4) is 0 Å².